The molecule has 0 spiro atoms. The minimum atomic E-state index is -0.524. The van der Waals surface area contributed by atoms with Crippen molar-refractivity contribution in [3.05, 3.63) is 54.3 Å². The third kappa shape index (κ3) is 10.4. The average Bonchev–Trinajstić information content (AvgIpc) is 3.73. The van der Waals surface area contributed by atoms with Crippen molar-refractivity contribution in [2.24, 2.45) is 39.7 Å². The Morgan fingerprint density at radius 3 is 1.66 bits per heavy atom. The van der Waals surface area contributed by atoms with Crippen molar-refractivity contribution in [2.75, 3.05) is 19.8 Å². The van der Waals surface area contributed by atoms with E-state index in [0.717, 1.165) is 15.6 Å². The van der Waals surface area contributed by atoms with Crippen LogP contribution in [0.4, 0.5) is 0 Å². The number of amides is 2. The predicted octanol–water partition coefficient (Wildman–Crippen LogP) is -1.79. The van der Waals surface area contributed by atoms with Crippen molar-refractivity contribution in [1.82, 2.24) is 38.2 Å². The number of H-pyrrole nitrogens is 2. The molecule has 4 aromatic rings. The number of Topliss-reactive ketones (excluding diaryl/α,β-unsaturated/α-hetero) is 1. The number of aromatic nitrogens is 8. The topological polar surface area (TPSA) is 267 Å². The highest BCUT2D eigenvalue weighted by atomic mass is 16.5. The van der Waals surface area contributed by atoms with E-state index >= 15 is 0 Å². The molecule has 19 nitrogen and oxygen atoms in total. The molecular weight excluding hydrogens is 620 g/mol. The second-order valence-electron chi connectivity index (χ2n) is 10.4. The van der Waals surface area contributed by atoms with Gasteiger partial charge in [0.1, 0.15) is 17.1 Å². The number of aryl methyl sites for hydroxylation is 2. The van der Waals surface area contributed by atoms with E-state index in [9.17, 15) is 33.6 Å². The number of aromatic amines is 2. The van der Waals surface area contributed by atoms with E-state index in [1.165, 1.54) is 35.9 Å². The van der Waals surface area contributed by atoms with Gasteiger partial charge in [-0.2, -0.15) is 0 Å². The molecule has 258 valence electrons. The van der Waals surface area contributed by atoms with E-state index < -0.39 is 17.9 Å². The second-order valence-corrected chi connectivity index (χ2v) is 10.4. The lowest BCUT2D eigenvalue weighted by atomic mass is 10.1. The maximum absolute atomic E-state index is 11.9. The van der Waals surface area contributed by atoms with Gasteiger partial charge < -0.3 is 30.9 Å². The summed E-state index contributed by atoms with van der Waals surface area (Å²) in [5.41, 5.74) is 10.0. The first-order chi connectivity index (χ1) is 22.2. The second kappa shape index (κ2) is 18.1. The zero-order valence-corrected chi connectivity index (χ0v) is 27.1. The first-order valence-electron chi connectivity index (χ1n) is 14.7. The molecule has 1 atom stereocenters. The first kappa shape index (κ1) is 38.0. The summed E-state index contributed by atoms with van der Waals surface area (Å²) >= 11 is 0. The SMILES string of the molecule is CCCC(=O)C(CCCOCCC(N)=O)OCCC(N)=O.Cn1c(=O)c2[nH]cnc2n(C)c1=O.Cn1c(=O)c2[nH]cnc2n(C)c1=O. The Labute approximate surface area is 267 Å². The number of hydrogen-bond acceptors (Lipinski definition) is 11. The number of carbonyl (C=O) groups is 3. The van der Waals surface area contributed by atoms with Gasteiger partial charge in [-0.25, -0.2) is 19.6 Å². The van der Waals surface area contributed by atoms with E-state index in [-0.39, 0.29) is 54.3 Å². The zero-order valence-electron chi connectivity index (χ0n) is 27.1. The summed E-state index contributed by atoms with van der Waals surface area (Å²) in [6.45, 7) is 2.79. The molecule has 4 heterocycles. The molecule has 0 bridgehead atoms. The average molecular weight is 663 g/mol. The maximum atomic E-state index is 11.9. The third-order valence-electron chi connectivity index (χ3n) is 6.83. The number of imidazole rings is 2. The standard InChI is InChI=1S/C14H26N2O5.2C7H8N4O2/c1-2-4-11(17)12(21-10-7-14(16)19)5-3-8-20-9-6-13(15)18;2*1-10-5-4(8-3-9-5)6(12)11(2)7(10)13/h12H,2-10H2,1H3,(H2,15,18)(H2,16,19);2*3H,1-2H3,(H,8,9). The molecule has 2 amide bonds. The van der Waals surface area contributed by atoms with Crippen LogP contribution in [0, 0.1) is 0 Å². The van der Waals surface area contributed by atoms with Crippen molar-refractivity contribution in [2.45, 2.75) is 51.6 Å². The van der Waals surface area contributed by atoms with Crippen LogP contribution in [0.25, 0.3) is 22.3 Å². The van der Waals surface area contributed by atoms with Crippen molar-refractivity contribution in [1.29, 1.82) is 0 Å². The van der Waals surface area contributed by atoms with Crippen LogP contribution in [-0.2, 0) is 52.0 Å². The van der Waals surface area contributed by atoms with Gasteiger partial charge in [0.15, 0.2) is 17.1 Å². The van der Waals surface area contributed by atoms with Gasteiger partial charge in [-0.1, -0.05) is 6.92 Å². The Hall–Kier alpha value is -5.17. The van der Waals surface area contributed by atoms with E-state index in [1.54, 1.807) is 14.1 Å². The number of ketones is 1. The van der Waals surface area contributed by atoms with Crippen molar-refractivity contribution < 1.29 is 23.9 Å². The lowest BCUT2D eigenvalue weighted by molar-refractivity contribution is -0.133. The van der Waals surface area contributed by atoms with Crippen LogP contribution in [0.5, 0.6) is 0 Å². The van der Waals surface area contributed by atoms with E-state index in [0.29, 0.717) is 48.2 Å². The third-order valence-corrected chi connectivity index (χ3v) is 6.83. The molecule has 0 aromatic carbocycles. The fraction of sp³-hybridized carbons (Fsp3) is 0.536. The predicted molar refractivity (Wildman–Crippen MR) is 170 cm³/mol. The number of hydrogen-bond donors (Lipinski definition) is 4. The van der Waals surface area contributed by atoms with Crippen LogP contribution >= 0.6 is 0 Å². The van der Waals surface area contributed by atoms with Crippen LogP contribution in [0.3, 0.4) is 0 Å². The lowest BCUT2D eigenvalue weighted by Crippen LogP contribution is -2.36. The minimum absolute atomic E-state index is 0.0270. The summed E-state index contributed by atoms with van der Waals surface area (Å²) in [4.78, 5) is 91.8. The number of rotatable bonds is 14. The molecule has 47 heavy (non-hydrogen) atoms. The summed E-state index contributed by atoms with van der Waals surface area (Å²) in [5.74, 6) is -0.827. The Balaban J connectivity index is 0.000000255. The van der Waals surface area contributed by atoms with Crippen molar-refractivity contribution in [3.63, 3.8) is 0 Å². The lowest BCUT2D eigenvalue weighted by Gasteiger charge is -2.16. The van der Waals surface area contributed by atoms with Gasteiger partial charge in [0.25, 0.3) is 11.1 Å². The Morgan fingerprint density at radius 1 is 0.745 bits per heavy atom. The number of nitrogens with zero attached hydrogens (tertiary/aromatic N) is 6. The van der Waals surface area contributed by atoms with E-state index in [4.69, 9.17) is 20.9 Å². The Kier molecular flexibility index (Phi) is 14.6. The molecule has 0 aliphatic rings. The molecule has 6 N–H and O–H groups in total. The van der Waals surface area contributed by atoms with E-state index in [1.807, 2.05) is 6.92 Å². The van der Waals surface area contributed by atoms with Crippen LogP contribution in [-0.4, -0.2) is 81.7 Å². The highest BCUT2D eigenvalue weighted by Gasteiger charge is 2.18. The number of fused-ring (bicyclic) bond motifs is 2. The van der Waals surface area contributed by atoms with Gasteiger partial charge in [-0.05, 0) is 19.3 Å². The number of ether oxygens (including phenoxy) is 2. The smallest absolute Gasteiger partial charge is 0.332 e. The summed E-state index contributed by atoms with van der Waals surface area (Å²) < 4.78 is 15.4. The largest absolute Gasteiger partial charge is 0.381 e. The van der Waals surface area contributed by atoms with Gasteiger partial charge >= 0.3 is 11.4 Å². The van der Waals surface area contributed by atoms with Gasteiger partial charge in [-0.3, -0.25) is 42.2 Å². The summed E-state index contributed by atoms with van der Waals surface area (Å²) in [5, 5.41) is 0. The molecule has 0 saturated heterocycles. The molecule has 0 aliphatic carbocycles. The van der Waals surface area contributed by atoms with Gasteiger partial charge in [0.2, 0.25) is 11.8 Å². The maximum Gasteiger partial charge on any atom is 0.332 e. The van der Waals surface area contributed by atoms with Gasteiger partial charge in [-0.15, -0.1) is 0 Å². The molecule has 0 fully saturated rings. The summed E-state index contributed by atoms with van der Waals surface area (Å²) in [6.07, 6.45) is 4.91. The summed E-state index contributed by atoms with van der Waals surface area (Å²) in [6, 6.07) is 0. The molecule has 0 radical (unpaired) electrons. The first-order valence-corrected chi connectivity index (χ1v) is 14.7. The molecule has 4 aromatic heterocycles. The van der Waals surface area contributed by atoms with Crippen LogP contribution in [0.1, 0.15) is 45.4 Å². The highest BCUT2D eigenvalue weighted by Crippen LogP contribution is 2.09. The van der Waals surface area contributed by atoms with Crippen molar-refractivity contribution >= 4 is 39.9 Å². The fourth-order valence-corrected chi connectivity index (χ4v) is 4.23. The normalized spacial score (nSPS) is 11.4. The Morgan fingerprint density at radius 2 is 1.21 bits per heavy atom. The number of nitrogens with one attached hydrogen (secondary N) is 2. The van der Waals surface area contributed by atoms with E-state index in [2.05, 4.69) is 19.9 Å². The number of primary amides is 2. The van der Waals surface area contributed by atoms with Crippen LogP contribution in [0.15, 0.2) is 31.8 Å². The quantitative estimate of drug-likeness (QED) is 0.110. The molecule has 0 aliphatic heterocycles. The Bertz CT molecular complexity index is 1810. The fourth-order valence-electron chi connectivity index (χ4n) is 4.23. The van der Waals surface area contributed by atoms with Crippen LogP contribution < -0.4 is 34.0 Å². The molecule has 0 saturated carbocycles. The molecule has 19 heteroatoms. The summed E-state index contributed by atoms with van der Waals surface area (Å²) in [7, 11) is 6.02. The molecule has 4 rings (SSSR count). The monoisotopic (exact) mass is 662 g/mol. The van der Waals surface area contributed by atoms with Crippen molar-refractivity contribution in [3.8, 4) is 0 Å². The number of carbonyl (C=O) groups excluding carboxylic acids is 3. The molecule has 1 unspecified atom stereocenters. The highest BCUT2D eigenvalue weighted by molar-refractivity contribution is 5.83. The minimum Gasteiger partial charge on any atom is -0.381 e. The zero-order chi connectivity index (χ0) is 35.3. The van der Waals surface area contributed by atoms with Crippen LogP contribution in [0.2, 0.25) is 0 Å². The number of nitrogens with two attached hydrogens (primary N) is 2. The van der Waals surface area contributed by atoms with Gasteiger partial charge in [0.05, 0.1) is 25.9 Å². The molecular formula is C28H42N10O9. The van der Waals surface area contributed by atoms with Gasteiger partial charge in [0, 0.05) is 54.1 Å².